The van der Waals surface area contributed by atoms with Gasteiger partial charge in [0.1, 0.15) is 0 Å². The number of hydrogen-bond acceptors (Lipinski definition) is 4. The van der Waals surface area contributed by atoms with Crippen LogP contribution in [0.15, 0.2) is 0 Å². The normalized spacial score (nSPS) is 18.6. The molecule has 1 aliphatic rings. The van der Waals surface area contributed by atoms with E-state index in [9.17, 15) is 4.79 Å². The van der Waals surface area contributed by atoms with Gasteiger partial charge in [-0.15, -0.1) is 0 Å². The van der Waals surface area contributed by atoms with Gasteiger partial charge in [-0.3, -0.25) is 4.79 Å². The maximum Gasteiger partial charge on any atom is 0.305 e. The van der Waals surface area contributed by atoms with E-state index >= 15 is 0 Å². The van der Waals surface area contributed by atoms with Gasteiger partial charge >= 0.3 is 5.97 Å². The van der Waals surface area contributed by atoms with Gasteiger partial charge in [-0.2, -0.15) is 0 Å². The van der Waals surface area contributed by atoms with Crippen LogP contribution in [0.2, 0.25) is 0 Å². The van der Waals surface area contributed by atoms with Crippen LogP contribution in [0.5, 0.6) is 0 Å². The third-order valence-corrected chi connectivity index (χ3v) is 3.75. The van der Waals surface area contributed by atoms with Gasteiger partial charge in [-0.05, 0) is 52.5 Å². The summed E-state index contributed by atoms with van der Waals surface area (Å²) in [6, 6.07) is 0.690. The first kappa shape index (κ1) is 14.5. The number of esters is 1. The van der Waals surface area contributed by atoms with Crippen molar-refractivity contribution in [2.75, 3.05) is 40.3 Å². The highest BCUT2D eigenvalue weighted by molar-refractivity contribution is 5.69. The second-order valence-corrected chi connectivity index (χ2v) is 4.83. The van der Waals surface area contributed by atoms with E-state index in [1.165, 1.54) is 39.6 Å². The molecular weight excluding hydrogens is 216 g/mol. The fourth-order valence-electron chi connectivity index (χ4n) is 2.43. The molecule has 1 saturated heterocycles. The molecule has 1 rings (SSSR count). The molecule has 0 unspecified atom stereocenters. The summed E-state index contributed by atoms with van der Waals surface area (Å²) < 4.78 is 4.64. The Balaban J connectivity index is 2.15. The molecule has 4 nitrogen and oxygen atoms in total. The van der Waals surface area contributed by atoms with Crippen LogP contribution in [0.1, 0.15) is 32.6 Å². The Hall–Kier alpha value is -0.610. The van der Waals surface area contributed by atoms with Crippen molar-refractivity contribution < 1.29 is 9.53 Å². The number of nitrogens with zero attached hydrogens (tertiary/aromatic N) is 2. The molecule has 0 aromatic carbocycles. The van der Waals surface area contributed by atoms with Crippen LogP contribution >= 0.6 is 0 Å². The number of hydrogen-bond donors (Lipinski definition) is 0. The van der Waals surface area contributed by atoms with E-state index in [0.717, 1.165) is 13.0 Å². The van der Waals surface area contributed by atoms with E-state index in [0.29, 0.717) is 12.5 Å². The van der Waals surface area contributed by atoms with E-state index in [2.05, 4.69) is 28.5 Å². The molecule has 0 N–H and O–H groups in total. The first-order valence-electron chi connectivity index (χ1n) is 6.66. The zero-order valence-corrected chi connectivity index (χ0v) is 11.4. The zero-order valence-electron chi connectivity index (χ0n) is 11.4. The maximum absolute atomic E-state index is 11.0. The summed E-state index contributed by atoms with van der Waals surface area (Å²) in [6.07, 6.45) is 3.94. The molecule has 0 atom stereocenters. The van der Waals surface area contributed by atoms with Crippen LogP contribution in [0.4, 0.5) is 0 Å². The topological polar surface area (TPSA) is 32.8 Å². The van der Waals surface area contributed by atoms with Gasteiger partial charge in [-0.1, -0.05) is 6.92 Å². The number of carbonyl (C=O) groups is 1. The van der Waals surface area contributed by atoms with Crippen LogP contribution in [-0.2, 0) is 9.53 Å². The summed E-state index contributed by atoms with van der Waals surface area (Å²) in [7, 11) is 3.62. The van der Waals surface area contributed by atoms with Gasteiger partial charge in [0.05, 0.1) is 7.11 Å². The third-order valence-electron chi connectivity index (χ3n) is 3.75. The second-order valence-electron chi connectivity index (χ2n) is 4.83. The highest BCUT2D eigenvalue weighted by Gasteiger charge is 2.21. The molecule has 0 bridgehead atoms. The molecule has 1 heterocycles. The number of methoxy groups -OCH3 is 1. The second kappa shape index (κ2) is 7.67. The molecule has 0 spiro atoms. The van der Waals surface area contributed by atoms with E-state index in [4.69, 9.17) is 0 Å². The van der Waals surface area contributed by atoms with Crippen molar-refractivity contribution in [3.8, 4) is 0 Å². The predicted octanol–water partition coefficient (Wildman–Crippen LogP) is 1.36. The van der Waals surface area contributed by atoms with Crippen LogP contribution in [0.25, 0.3) is 0 Å². The van der Waals surface area contributed by atoms with Crippen LogP contribution in [0.3, 0.4) is 0 Å². The first-order valence-corrected chi connectivity index (χ1v) is 6.66. The molecule has 0 aromatic rings. The molecule has 0 aromatic heterocycles. The first-order chi connectivity index (χ1) is 8.17. The SMILES string of the molecule is CCN1CCC(N(C)CCCC(=O)OC)CC1. The molecule has 17 heavy (non-hydrogen) atoms. The minimum atomic E-state index is -0.0980. The predicted molar refractivity (Wildman–Crippen MR) is 69.0 cm³/mol. The molecule has 100 valence electrons. The smallest absolute Gasteiger partial charge is 0.305 e. The van der Waals surface area contributed by atoms with Gasteiger partial charge in [-0.25, -0.2) is 0 Å². The van der Waals surface area contributed by atoms with E-state index in [-0.39, 0.29) is 5.97 Å². The average molecular weight is 242 g/mol. The van der Waals surface area contributed by atoms with Crippen molar-refractivity contribution in [1.29, 1.82) is 0 Å². The van der Waals surface area contributed by atoms with E-state index < -0.39 is 0 Å². The summed E-state index contributed by atoms with van der Waals surface area (Å²) in [5.41, 5.74) is 0. The Kier molecular flexibility index (Phi) is 6.52. The van der Waals surface area contributed by atoms with Crippen LogP contribution < -0.4 is 0 Å². The number of piperidine rings is 1. The lowest BCUT2D eigenvalue weighted by Gasteiger charge is -2.36. The van der Waals surface area contributed by atoms with Crippen molar-refractivity contribution in [1.82, 2.24) is 9.80 Å². The number of ether oxygens (including phenoxy) is 1. The summed E-state index contributed by atoms with van der Waals surface area (Å²) >= 11 is 0. The molecule has 4 heteroatoms. The lowest BCUT2D eigenvalue weighted by Crippen LogP contribution is -2.43. The fraction of sp³-hybridized carbons (Fsp3) is 0.923. The van der Waals surface area contributed by atoms with Crippen molar-refractivity contribution in [3.05, 3.63) is 0 Å². The minimum Gasteiger partial charge on any atom is -0.469 e. The fourth-order valence-corrected chi connectivity index (χ4v) is 2.43. The molecule has 1 fully saturated rings. The molecule has 0 radical (unpaired) electrons. The quantitative estimate of drug-likeness (QED) is 0.658. The summed E-state index contributed by atoms with van der Waals surface area (Å²) in [5, 5.41) is 0. The highest BCUT2D eigenvalue weighted by atomic mass is 16.5. The Bertz CT molecular complexity index is 225. The minimum absolute atomic E-state index is 0.0980. The van der Waals surface area contributed by atoms with Crippen molar-refractivity contribution >= 4 is 5.97 Å². The summed E-state index contributed by atoms with van der Waals surface area (Å²) in [5.74, 6) is -0.0980. The molecule has 0 amide bonds. The number of likely N-dealkylation sites (tertiary alicyclic amines) is 1. The molecule has 0 aliphatic carbocycles. The highest BCUT2D eigenvalue weighted by Crippen LogP contribution is 2.15. The zero-order chi connectivity index (χ0) is 12.7. The Morgan fingerprint density at radius 2 is 2.06 bits per heavy atom. The van der Waals surface area contributed by atoms with Gasteiger partial charge < -0.3 is 14.5 Å². The Morgan fingerprint density at radius 3 is 2.59 bits per heavy atom. The van der Waals surface area contributed by atoms with Crippen LogP contribution in [0, 0.1) is 0 Å². The van der Waals surface area contributed by atoms with Gasteiger partial charge in [0, 0.05) is 12.5 Å². The monoisotopic (exact) mass is 242 g/mol. The van der Waals surface area contributed by atoms with Gasteiger partial charge in [0.15, 0.2) is 0 Å². The molecular formula is C13H26N2O2. The summed E-state index contributed by atoms with van der Waals surface area (Å²) in [6.45, 7) is 6.80. The van der Waals surface area contributed by atoms with Gasteiger partial charge in [0.2, 0.25) is 0 Å². The third kappa shape index (κ3) is 5.04. The Morgan fingerprint density at radius 1 is 1.41 bits per heavy atom. The van der Waals surface area contributed by atoms with Gasteiger partial charge in [0.25, 0.3) is 0 Å². The van der Waals surface area contributed by atoms with E-state index in [1.54, 1.807) is 0 Å². The molecule has 1 aliphatic heterocycles. The summed E-state index contributed by atoms with van der Waals surface area (Å²) in [4.78, 5) is 15.9. The maximum atomic E-state index is 11.0. The lowest BCUT2D eigenvalue weighted by molar-refractivity contribution is -0.140. The average Bonchev–Trinajstić information content (AvgIpc) is 2.38. The van der Waals surface area contributed by atoms with Crippen molar-refractivity contribution in [3.63, 3.8) is 0 Å². The Labute approximate surface area is 105 Å². The number of rotatable bonds is 6. The molecule has 0 saturated carbocycles. The number of carbonyl (C=O) groups excluding carboxylic acids is 1. The van der Waals surface area contributed by atoms with E-state index in [1.807, 2.05) is 0 Å². The van der Waals surface area contributed by atoms with Crippen molar-refractivity contribution in [2.45, 2.75) is 38.6 Å². The van der Waals surface area contributed by atoms with Crippen LogP contribution in [-0.4, -0.2) is 62.1 Å². The standard InChI is InChI=1S/C13H26N2O2/c1-4-15-10-7-12(8-11-15)14(2)9-5-6-13(16)17-3/h12H,4-11H2,1-3H3. The largest absolute Gasteiger partial charge is 0.469 e. The van der Waals surface area contributed by atoms with Crippen molar-refractivity contribution in [2.24, 2.45) is 0 Å². The lowest BCUT2D eigenvalue weighted by atomic mass is 10.0.